The van der Waals surface area contributed by atoms with Crippen LogP contribution < -0.4 is 9.46 Å². The fourth-order valence-electron chi connectivity index (χ4n) is 2.74. The molecule has 0 spiro atoms. The molecular formula is C14H16F3N3O3S2. The Morgan fingerprint density at radius 1 is 1.48 bits per heavy atom. The van der Waals surface area contributed by atoms with Crippen LogP contribution in [-0.2, 0) is 29.2 Å². The number of methoxy groups -OCH3 is 1. The molecule has 6 nitrogen and oxygen atoms in total. The van der Waals surface area contributed by atoms with Crippen LogP contribution in [0.2, 0.25) is 0 Å². The minimum absolute atomic E-state index is 0.0912. The molecule has 0 saturated heterocycles. The molecule has 3 rings (SSSR count). The predicted octanol–water partition coefficient (Wildman–Crippen LogP) is 2.51. The van der Waals surface area contributed by atoms with Gasteiger partial charge < -0.3 is 9.30 Å². The van der Waals surface area contributed by atoms with Crippen LogP contribution in [-0.4, -0.2) is 31.6 Å². The summed E-state index contributed by atoms with van der Waals surface area (Å²) < 4.78 is 72.0. The predicted molar refractivity (Wildman–Crippen MR) is 85.1 cm³/mol. The molecule has 0 fully saturated rings. The van der Waals surface area contributed by atoms with Gasteiger partial charge in [-0.2, -0.15) is 13.2 Å². The molecule has 1 aliphatic heterocycles. The molecule has 3 heterocycles. The number of rotatable bonds is 5. The second-order valence-electron chi connectivity index (χ2n) is 5.73. The van der Waals surface area contributed by atoms with Crippen LogP contribution in [0.4, 0.5) is 13.2 Å². The number of aryl methyl sites for hydroxylation is 1. The molecule has 0 radical (unpaired) electrons. The van der Waals surface area contributed by atoms with E-state index in [2.05, 4.69) is 9.71 Å². The van der Waals surface area contributed by atoms with Crippen molar-refractivity contribution in [2.24, 2.45) is 5.92 Å². The quantitative estimate of drug-likeness (QED) is 0.844. The van der Waals surface area contributed by atoms with Gasteiger partial charge in [-0.15, -0.1) is 11.3 Å². The summed E-state index contributed by atoms with van der Waals surface area (Å²) in [5.74, 6) is 0.544. The van der Waals surface area contributed by atoms with Crippen LogP contribution in [0, 0.1) is 5.92 Å². The molecule has 2 aromatic heterocycles. The lowest BCUT2D eigenvalue weighted by Crippen LogP contribution is -2.33. The van der Waals surface area contributed by atoms with E-state index in [1.165, 1.54) is 11.7 Å². The lowest BCUT2D eigenvalue weighted by Gasteiger charge is -2.23. The highest BCUT2D eigenvalue weighted by molar-refractivity contribution is 7.91. The Morgan fingerprint density at radius 3 is 2.92 bits per heavy atom. The van der Waals surface area contributed by atoms with Crippen LogP contribution in [0.25, 0.3) is 0 Å². The number of nitrogens with one attached hydrogen (secondary N) is 1. The Bertz CT molecular complexity index is 858. The first kappa shape index (κ1) is 18.2. The third-order valence-corrected chi connectivity index (χ3v) is 6.87. The maximum Gasteiger partial charge on any atom is 0.434 e. The van der Waals surface area contributed by atoms with Crippen molar-refractivity contribution < 1.29 is 26.3 Å². The molecule has 1 aliphatic rings. The fraction of sp³-hybridized carbons (Fsp3) is 0.500. The molecule has 25 heavy (non-hydrogen) atoms. The van der Waals surface area contributed by atoms with Gasteiger partial charge in [0.2, 0.25) is 0 Å². The van der Waals surface area contributed by atoms with E-state index in [1.54, 1.807) is 11.4 Å². The Labute approximate surface area is 146 Å². The number of fused-ring (bicyclic) bond motifs is 1. The molecule has 1 atom stereocenters. The van der Waals surface area contributed by atoms with Gasteiger partial charge in [-0.1, -0.05) is 0 Å². The second-order valence-corrected chi connectivity index (χ2v) is 8.60. The average molecular weight is 395 g/mol. The number of ether oxygens (including phenoxy) is 1. The van der Waals surface area contributed by atoms with Gasteiger partial charge >= 0.3 is 6.18 Å². The first-order chi connectivity index (χ1) is 11.7. The number of thiophene rings is 1. The largest absolute Gasteiger partial charge is 0.494 e. The molecule has 0 amide bonds. The number of sulfonamides is 1. The highest BCUT2D eigenvalue weighted by atomic mass is 32.2. The summed E-state index contributed by atoms with van der Waals surface area (Å²) in [5, 5.41) is 1.62. The minimum atomic E-state index is -4.48. The van der Waals surface area contributed by atoms with E-state index in [0.29, 0.717) is 25.2 Å². The normalized spacial score (nSPS) is 18.2. The summed E-state index contributed by atoms with van der Waals surface area (Å²) in [6, 6.07) is 1.57. The van der Waals surface area contributed by atoms with Crippen LogP contribution >= 0.6 is 11.3 Å². The standard InChI is InChI=1S/C14H16F3N3O3S2/c1-23-10-4-5-24-13(10)25(21,22)18-6-9-2-3-12-19-11(14(15,16)17)8-20(12)7-9/h4-5,8-9,18H,2-3,6-7H2,1H3/t9-/m0/s1. The first-order valence-corrected chi connectivity index (χ1v) is 9.81. The average Bonchev–Trinajstić information content (AvgIpc) is 3.18. The number of hydrogen-bond donors (Lipinski definition) is 1. The van der Waals surface area contributed by atoms with E-state index in [9.17, 15) is 21.6 Å². The molecular weight excluding hydrogens is 379 g/mol. The van der Waals surface area contributed by atoms with Gasteiger partial charge in [0, 0.05) is 25.7 Å². The van der Waals surface area contributed by atoms with Crippen LogP contribution in [0.5, 0.6) is 5.75 Å². The number of halogens is 3. The minimum Gasteiger partial charge on any atom is -0.494 e. The number of imidazole rings is 1. The third kappa shape index (κ3) is 3.82. The zero-order valence-corrected chi connectivity index (χ0v) is 14.8. The van der Waals surface area contributed by atoms with Crippen molar-refractivity contribution in [3.63, 3.8) is 0 Å². The van der Waals surface area contributed by atoms with Gasteiger partial charge in [0.1, 0.15) is 11.6 Å². The van der Waals surface area contributed by atoms with Crippen molar-refractivity contribution in [1.82, 2.24) is 14.3 Å². The van der Waals surface area contributed by atoms with Crippen molar-refractivity contribution in [1.29, 1.82) is 0 Å². The highest BCUT2D eigenvalue weighted by Crippen LogP contribution is 2.31. The maximum absolute atomic E-state index is 12.7. The fourth-order valence-corrected chi connectivity index (χ4v) is 5.18. The summed E-state index contributed by atoms with van der Waals surface area (Å²) in [6.07, 6.45) is -2.54. The molecule has 0 aliphatic carbocycles. The topological polar surface area (TPSA) is 73.2 Å². The SMILES string of the molecule is COc1ccsc1S(=O)(=O)NC[C@@H]1CCc2nc(C(F)(F)F)cn2C1. The summed E-state index contributed by atoms with van der Waals surface area (Å²) in [5.41, 5.74) is -0.910. The van der Waals surface area contributed by atoms with Gasteiger partial charge in [0.15, 0.2) is 9.90 Å². The number of hydrogen-bond acceptors (Lipinski definition) is 5. The number of nitrogens with zero attached hydrogens (tertiary/aromatic N) is 2. The summed E-state index contributed by atoms with van der Waals surface area (Å²) in [7, 11) is -2.33. The van der Waals surface area contributed by atoms with Crippen molar-refractivity contribution in [3.8, 4) is 5.75 Å². The Balaban J connectivity index is 1.66. The van der Waals surface area contributed by atoms with Crippen molar-refractivity contribution in [2.75, 3.05) is 13.7 Å². The van der Waals surface area contributed by atoms with Crippen molar-refractivity contribution in [3.05, 3.63) is 29.2 Å². The zero-order valence-electron chi connectivity index (χ0n) is 13.2. The van der Waals surface area contributed by atoms with E-state index in [4.69, 9.17) is 4.74 Å². The molecule has 11 heteroatoms. The second kappa shape index (κ2) is 6.61. The monoisotopic (exact) mass is 395 g/mol. The Hall–Kier alpha value is -1.59. The number of alkyl halides is 3. The third-order valence-electron chi connectivity index (χ3n) is 4.00. The van der Waals surface area contributed by atoms with Gasteiger partial charge in [-0.05, 0) is 23.8 Å². The smallest absolute Gasteiger partial charge is 0.434 e. The van der Waals surface area contributed by atoms with E-state index in [0.717, 1.165) is 17.5 Å². The van der Waals surface area contributed by atoms with Crippen LogP contribution in [0.15, 0.2) is 21.9 Å². The molecule has 138 valence electrons. The summed E-state index contributed by atoms with van der Waals surface area (Å²) in [6.45, 7) is 0.435. The number of aromatic nitrogens is 2. The van der Waals surface area contributed by atoms with Crippen LogP contribution in [0.3, 0.4) is 0 Å². The molecule has 0 aromatic carbocycles. The van der Waals surface area contributed by atoms with Crippen molar-refractivity contribution in [2.45, 2.75) is 29.8 Å². The van der Waals surface area contributed by atoms with Gasteiger partial charge in [-0.25, -0.2) is 18.1 Å². The molecule has 2 aromatic rings. The molecule has 0 unspecified atom stereocenters. The van der Waals surface area contributed by atoms with E-state index < -0.39 is 21.9 Å². The zero-order chi connectivity index (χ0) is 18.2. The maximum atomic E-state index is 12.7. The summed E-state index contributed by atoms with van der Waals surface area (Å²) in [4.78, 5) is 3.61. The van der Waals surface area contributed by atoms with E-state index in [-0.39, 0.29) is 22.4 Å². The Kier molecular flexibility index (Phi) is 4.82. The lowest BCUT2D eigenvalue weighted by atomic mass is 10.00. The molecule has 0 bridgehead atoms. The lowest BCUT2D eigenvalue weighted by molar-refractivity contribution is -0.141. The first-order valence-electron chi connectivity index (χ1n) is 7.45. The molecule has 0 saturated carbocycles. The van der Waals surface area contributed by atoms with E-state index in [1.807, 2.05) is 0 Å². The van der Waals surface area contributed by atoms with Crippen molar-refractivity contribution >= 4 is 21.4 Å². The Morgan fingerprint density at radius 2 is 2.24 bits per heavy atom. The van der Waals surface area contributed by atoms with Gasteiger partial charge in [-0.3, -0.25) is 0 Å². The van der Waals surface area contributed by atoms with E-state index >= 15 is 0 Å². The highest BCUT2D eigenvalue weighted by Gasteiger charge is 2.36. The molecule has 1 N–H and O–H groups in total. The van der Waals surface area contributed by atoms with Crippen LogP contribution in [0.1, 0.15) is 17.9 Å². The summed E-state index contributed by atoms with van der Waals surface area (Å²) >= 11 is 1.05. The van der Waals surface area contributed by atoms with Gasteiger partial charge in [0.05, 0.1) is 7.11 Å². The van der Waals surface area contributed by atoms with Gasteiger partial charge in [0.25, 0.3) is 10.0 Å².